The Morgan fingerprint density at radius 2 is 2.37 bits per heavy atom. The number of hydrogen-bond donors (Lipinski definition) is 2. The molecule has 1 aliphatic heterocycles. The van der Waals surface area contributed by atoms with Crippen molar-refractivity contribution in [2.24, 2.45) is 0 Å². The number of thiazole rings is 1. The molecule has 3 rings (SSSR count). The molecule has 19 heavy (non-hydrogen) atoms. The Labute approximate surface area is 114 Å². The number of aromatic nitrogens is 3. The van der Waals surface area contributed by atoms with Crippen LogP contribution in [-0.2, 0) is 19.5 Å². The fraction of sp³-hybridized carbons (Fsp3) is 0.417. The van der Waals surface area contributed by atoms with Crippen LogP contribution in [0, 0.1) is 6.92 Å². The maximum absolute atomic E-state index is 11.9. The second-order valence-corrected chi connectivity index (χ2v) is 5.76. The van der Waals surface area contributed by atoms with E-state index in [1.54, 1.807) is 11.3 Å². The van der Waals surface area contributed by atoms with Crippen LogP contribution in [0.5, 0.6) is 0 Å². The average molecular weight is 277 g/mol. The number of aromatic amines is 1. The molecule has 0 amide bonds. The van der Waals surface area contributed by atoms with Crippen molar-refractivity contribution in [1.29, 1.82) is 0 Å². The Morgan fingerprint density at radius 3 is 3.11 bits per heavy atom. The van der Waals surface area contributed by atoms with Gasteiger partial charge in [-0.15, -0.1) is 11.3 Å². The van der Waals surface area contributed by atoms with Crippen LogP contribution < -0.4 is 11.3 Å². The smallest absolute Gasteiger partial charge is 0.257 e. The lowest BCUT2D eigenvalue weighted by Crippen LogP contribution is -2.35. The zero-order valence-corrected chi connectivity index (χ0v) is 11.5. The molecular formula is C12H15N5OS. The molecule has 3 N–H and O–H groups in total. The van der Waals surface area contributed by atoms with Gasteiger partial charge in [-0.2, -0.15) is 0 Å². The second kappa shape index (κ2) is 4.75. The molecule has 0 atom stereocenters. The van der Waals surface area contributed by atoms with Gasteiger partial charge in [0.1, 0.15) is 0 Å². The number of H-pyrrole nitrogens is 1. The minimum atomic E-state index is -0.123. The number of nitrogen functional groups attached to an aromatic ring is 1. The SMILES string of the molecule is Cc1nc(CN2CCc3nc(N)[nH]c(=O)c3C2)cs1. The Bertz CT molecular complexity index is 662. The summed E-state index contributed by atoms with van der Waals surface area (Å²) in [5.41, 5.74) is 8.05. The Hall–Kier alpha value is -1.73. The second-order valence-electron chi connectivity index (χ2n) is 4.69. The molecule has 0 fully saturated rings. The highest BCUT2D eigenvalue weighted by Gasteiger charge is 2.21. The topological polar surface area (TPSA) is 87.9 Å². The average Bonchev–Trinajstić information content (AvgIpc) is 2.75. The third kappa shape index (κ3) is 2.52. The third-order valence-electron chi connectivity index (χ3n) is 3.22. The fourth-order valence-corrected chi connectivity index (χ4v) is 2.95. The molecule has 7 heteroatoms. The number of aryl methyl sites for hydroxylation is 1. The van der Waals surface area contributed by atoms with Crippen LogP contribution in [0.4, 0.5) is 5.95 Å². The van der Waals surface area contributed by atoms with Gasteiger partial charge in [-0.3, -0.25) is 14.7 Å². The molecule has 0 radical (unpaired) electrons. The summed E-state index contributed by atoms with van der Waals surface area (Å²) in [4.78, 5) is 25.3. The van der Waals surface area contributed by atoms with Gasteiger partial charge in [0.05, 0.1) is 22.0 Å². The van der Waals surface area contributed by atoms with Crippen molar-refractivity contribution >= 4 is 17.3 Å². The van der Waals surface area contributed by atoms with Gasteiger partial charge in [0, 0.05) is 31.4 Å². The van der Waals surface area contributed by atoms with Crippen LogP contribution in [0.15, 0.2) is 10.2 Å². The van der Waals surface area contributed by atoms with Crippen molar-refractivity contribution in [2.75, 3.05) is 12.3 Å². The number of anilines is 1. The van der Waals surface area contributed by atoms with Crippen LogP contribution in [0.2, 0.25) is 0 Å². The Morgan fingerprint density at radius 1 is 1.53 bits per heavy atom. The van der Waals surface area contributed by atoms with Gasteiger partial charge in [-0.25, -0.2) is 9.97 Å². The molecule has 3 heterocycles. The Balaban J connectivity index is 1.80. The van der Waals surface area contributed by atoms with E-state index in [9.17, 15) is 4.79 Å². The minimum absolute atomic E-state index is 0.123. The molecule has 2 aromatic rings. The van der Waals surface area contributed by atoms with E-state index in [4.69, 9.17) is 5.73 Å². The van der Waals surface area contributed by atoms with Crippen LogP contribution >= 0.6 is 11.3 Å². The maximum Gasteiger partial charge on any atom is 0.257 e. The lowest BCUT2D eigenvalue weighted by atomic mass is 10.1. The van der Waals surface area contributed by atoms with Crippen molar-refractivity contribution in [3.63, 3.8) is 0 Å². The van der Waals surface area contributed by atoms with Gasteiger partial charge in [-0.1, -0.05) is 0 Å². The van der Waals surface area contributed by atoms with Crippen LogP contribution in [0.1, 0.15) is 22.0 Å². The number of rotatable bonds is 2. The lowest BCUT2D eigenvalue weighted by molar-refractivity contribution is 0.239. The zero-order valence-electron chi connectivity index (χ0n) is 10.6. The first kappa shape index (κ1) is 12.3. The van der Waals surface area contributed by atoms with E-state index in [-0.39, 0.29) is 11.5 Å². The summed E-state index contributed by atoms with van der Waals surface area (Å²) in [5, 5.41) is 3.13. The highest BCUT2D eigenvalue weighted by atomic mass is 32.1. The number of nitrogens with one attached hydrogen (secondary N) is 1. The molecule has 0 saturated carbocycles. The van der Waals surface area contributed by atoms with Crippen molar-refractivity contribution < 1.29 is 0 Å². The molecule has 0 saturated heterocycles. The van der Waals surface area contributed by atoms with E-state index >= 15 is 0 Å². The molecule has 100 valence electrons. The van der Waals surface area contributed by atoms with E-state index in [0.29, 0.717) is 6.54 Å². The number of nitrogens with zero attached hydrogens (tertiary/aromatic N) is 3. The predicted octanol–water partition coefficient (Wildman–Crippen LogP) is 0.675. The normalized spacial score (nSPS) is 15.4. The van der Waals surface area contributed by atoms with E-state index < -0.39 is 0 Å². The molecule has 0 unspecified atom stereocenters. The van der Waals surface area contributed by atoms with Crippen molar-refractivity contribution in [3.8, 4) is 0 Å². The standard InChI is InChI=1S/C12H15N5OS/c1-7-14-8(6-19-7)4-17-3-2-10-9(5-17)11(18)16-12(13)15-10/h6H,2-5H2,1H3,(H3,13,15,16,18). The van der Waals surface area contributed by atoms with Gasteiger partial charge < -0.3 is 5.73 Å². The molecule has 2 aromatic heterocycles. The maximum atomic E-state index is 11.9. The first-order valence-corrected chi connectivity index (χ1v) is 7.00. The summed E-state index contributed by atoms with van der Waals surface area (Å²) in [6.07, 6.45) is 0.757. The van der Waals surface area contributed by atoms with Crippen molar-refractivity contribution in [2.45, 2.75) is 26.4 Å². The van der Waals surface area contributed by atoms with Gasteiger partial charge in [0.25, 0.3) is 5.56 Å². The molecule has 6 nitrogen and oxygen atoms in total. The molecular weight excluding hydrogens is 262 g/mol. The van der Waals surface area contributed by atoms with Crippen molar-refractivity contribution in [3.05, 3.63) is 37.7 Å². The number of nitrogens with two attached hydrogens (primary N) is 1. The van der Waals surface area contributed by atoms with Crippen molar-refractivity contribution in [1.82, 2.24) is 19.9 Å². The third-order valence-corrected chi connectivity index (χ3v) is 4.04. The monoisotopic (exact) mass is 277 g/mol. The summed E-state index contributed by atoms with van der Waals surface area (Å²) in [6.45, 7) is 4.25. The van der Waals surface area contributed by atoms with Crippen LogP contribution in [-0.4, -0.2) is 26.4 Å². The summed E-state index contributed by atoms with van der Waals surface area (Å²) >= 11 is 1.65. The molecule has 1 aliphatic rings. The lowest BCUT2D eigenvalue weighted by Gasteiger charge is -2.26. The van der Waals surface area contributed by atoms with E-state index in [2.05, 4.69) is 25.2 Å². The summed E-state index contributed by atoms with van der Waals surface area (Å²) in [7, 11) is 0. The van der Waals surface area contributed by atoms with Crippen LogP contribution in [0.25, 0.3) is 0 Å². The minimum Gasteiger partial charge on any atom is -0.369 e. The van der Waals surface area contributed by atoms with Gasteiger partial charge in [0.2, 0.25) is 5.95 Å². The first-order chi connectivity index (χ1) is 9.11. The zero-order chi connectivity index (χ0) is 13.4. The predicted molar refractivity (Wildman–Crippen MR) is 73.9 cm³/mol. The van der Waals surface area contributed by atoms with E-state index in [1.165, 1.54) is 0 Å². The van der Waals surface area contributed by atoms with Gasteiger partial charge >= 0.3 is 0 Å². The van der Waals surface area contributed by atoms with Crippen LogP contribution in [0.3, 0.4) is 0 Å². The quantitative estimate of drug-likeness (QED) is 0.842. The Kier molecular flexibility index (Phi) is 3.08. The summed E-state index contributed by atoms with van der Waals surface area (Å²) in [5.74, 6) is 0.201. The first-order valence-electron chi connectivity index (χ1n) is 6.13. The highest BCUT2D eigenvalue weighted by molar-refractivity contribution is 7.09. The molecule has 0 aromatic carbocycles. The molecule has 0 bridgehead atoms. The summed E-state index contributed by atoms with van der Waals surface area (Å²) < 4.78 is 0. The van der Waals surface area contributed by atoms with Gasteiger partial charge in [0.15, 0.2) is 0 Å². The van der Waals surface area contributed by atoms with E-state index in [0.717, 1.165) is 41.5 Å². The largest absolute Gasteiger partial charge is 0.369 e. The van der Waals surface area contributed by atoms with E-state index in [1.807, 2.05) is 6.92 Å². The van der Waals surface area contributed by atoms with Gasteiger partial charge in [-0.05, 0) is 6.92 Å². The summed E-state index contributed by atoms with van der Waals surface area (Å²) in [6, 6.07) is 0. The highest BCUT2D eigenvalue weighted by Crippen LogP contribution is 2.17. The fourth-order valence-electron chi connectivity index (χ4n) is 2.35. The molecule has 0 spiro atoms. The molecule has 0 aliphatic carbocycles. The number of hydrogen-bond acceptors (Lipinski definition) is 6. The number of fused-ring (bicyclic) bond motifs is 1.